The Morgan fingerprint density at radius 1 is 1.18 bits per heavy atom. The quantitative estimate of drug-likeness (QED) is 0.826. The summed E-state index contributed by atoms with van der Waals surface area (Å²) in [5.74, 6) is 0.577. The van der Waals surface area contributed by atoms with Gasteiger partial charge in [0.05, 0.1) is 23.6 Å². The van der Waals surface area contributed by atoms with Crippen LogP contribution in [0.2, 0.25) is 0 Å². The molecule has 0 radical (unpaired) electrons. The molecule has 2 aromatic rings. The van der Waals surface area contributed by atoms with Crippen LogP contribution in [0.25, 0.3) is 0 Å². The number of hydrogen-bond donors (Lipinski definition) is 1. The van der Waals surface area contributed by atoms with Gasteiger partial charge in [0.1, 0.15) is 5.75 Å². The largest absolute Gasteiger partial charge is 0.482 e. The second kappa shape index (κ2) is 6.86. The number of carbonyl (C=O) groups excluding carboxylic acids is 2. The summed E-state index contributed by atoms with van der Waals surface area (Å²) in [6.45, 7) is 7.77. The summed E-state index contributed by atoms with van der Waals surface area (Å²) in [5, 5.41) is 3.52. The molecule has 0 aromatic heterocycles. The fraction of sp³-hybridized carbons (Fsp3) is 0.364. The van der Waals surface area contributed by atoms with Gasteiger partial charge in [-0.1, -0.05) is 12.1 Å². The van der Waals surface area contributed by atoms with Crippen LogP contribution in [-0.2, 0) is 4.79 Å². The number of Topliss-reactive ketones (excluding diaryl/α,β-unsaturated/α-hetero) is 1. The maximum Gasteiger partial charge on any atom is 0.265 e. The van der Waals surface area contributed by atoms with Crippen LogP contribution in [0.4, 0.5) is 17.1 Å². The molecule has 0 unspecified atom stereocenters. The summed E-state index contributed by atoms with van der Waals surface area (Å²) in [5.41, 5.74) is 3.19. The molecule has 0 atom stereocenters. The number of carbonyl (C=O) groups is 2. The lowest BCUT2D eigenvalue weighted by Gasteiger charge is -2.41. The first-order chi connectivity index (χ1) is 13.4. The Kier molecular flexibility index (Phi) is 4.49. The first-order valence-corrected chi connectivity index (χ1v) is 9.60. The Balaban J connectivity index is 1.61. The van der Waals surface area contributed by atoms with E-state index in [0.717, 1.165) is 17.9 Å². The predicted octanol–water partition coefficient (Wildman–Crippen LogP) is 3.33. The number of ketones is 1. The number of para-hydroxylation sites is 2. The normalized spacial score (nSPS) is 17.3. The molecule has 0 saturated carbocycles. The maximum absolute atomic E-state index is 13.1. The van der Waals surface area contributed by atoms with E-state index in [1.165, 1.54) is 0 Å². The molecule has 0 bridgehead atoms. The van der Waals surface area contributed by atoms with Gasteiger partial charge < -0.3 is 19.9 Å². The highest BCUT2D eigenvalue weighted by molar-refractivity contribution is 6.03. The molecule has 0 saturated heterocycles. The molecule has 4 rings (SSSR count). The smallest absolute Gasteiger partial charge is 0.265 e. The number of rotatable bonds is 4. The van der Waals surface area contributed by atoms with Crippen LogP contribution < -0.4 is 19.9 Å². The predicted molar refractivity (Wildman–Crippen MR) is 111 cm³/mol. The van der Waals surface area contributed by atoms with Crippen LogP contribution in [0.3, 0.4) is 0 Å². The third-order valence-corrected chi connectivity index (χ3v) is 5.18. The highest BCUT2D eigenvalue weighted by Gasteiger charge is 2.31. The van der Waals surface area contributed by atoms with E-state index in [1.54, 1.807) is 23.1 Å². The molecule has 28 heavy (non-hydrogen) atoms. The maximum atomic E-state index is 13.1. The third kappa shape index (κ3) is 3.30. The number of nitrogens with one attached hydrogen (secondary N) is 1. The van der Waals surface area contributed by atoms with Crippen LogP contribution in [0.5, 0.6) is 5.75 Å². The molecule has 6 nitrogen and oxygen atoms in total. The average Bonchev–Trinajstić information content (AvgIpc) is 2.66. The minimum Gasteiger partial charge on any atom is -0.482 e. The van der Waals surface area contributed by atoms with Crippen molar-refractivity contribution in [1.82, 2.24) is 0 Å². The fourth-order valence-electron chi connectivity index (χ4n) is 3.95. The van der Waals surface area contributed by atoms with Crippen molar-refractivity contribution >= 4 is 28.8 Å². The summed E-state index contributed by atoms with van der Waals surface area (Å²) in [6.07, 6.45) is 0. The van der Waals surface area contributed by atoms with Crippen LogP contribution in [0.15, 0.2) is 42.5 Å². The van der Waals surface area contributed by atoms with Gasteiger partial charge in [0.2, 0.25) is 0 Å². The topological polar surface area (TPSA) is 61.9 Å². The van der Waals surface area contributed by atoms with Crippen molar-refractivity contribution in [3.8, 4) is 5.75 Å². The molecule has 1 amide bonds. The molecule has 0 spiro atoms. The summed E-state index contributed by atoms with van der Waals surface area (Å²) in [7, 11) is 0. The zero-order valence-corrected chi connectivity index (χ0v) is 16.5. The Labute approximate surface area is 165 Å². The SMILES string of the molecule is CCN1C(=O)COc2ccc(C(=O)CN3CC(C)(C)Nc4ccccc43)cc21. The monoisotopic (exact) mass is 379 g/mol. The van der Waals surface area contributed by atoms with Gasteiger partial charge in [-0.3, -0.25) is 9.59 Å². The molecule has 146 valence electrons. The van der Waals surface area contributed by atoms with Gasteiger partial charge in [-0.25, -0.2) is 0 Å². The zero-order chi connectivity index (χ0) is 19.9. The van der Waals surface area contributed by atoms with Gasteiger partial charge >= 0.3 is 0 Å². The van der Waals surface area contributed by atoms with Crippen molar-refractivity contribution in [2.24, 2.45) is 0 Å². The lowest BCUT2D eigenvalue weighted by atomic mass is 9.98. The first-order valence-electron chi connectivity index (χ1n) is 9.60. The van der Waals surface area contributed by atoms with E-state index in [0.29, 0.717) is 23.5 Å². The van der Waals surface area contributed by atoms with E-state index >= 15 is 0 Å². The van der Waals surface area contributed by atoms with Gasteiger partial charge in [0, 0.05) is 24.2 Å². The van der Waals surface area contributed by atoms with Gasteiger partial charge in [0.15, 0.2) is 12.4 Å². The zero-order valence-electron chi connectivity index (χ0n) is 16.5. The van der Waals surface area contributed by atoms with E-state index < -0.39 is 0 Å². The van der Waals surface area contributed by atoms with Crippen molar-refractivity contribution in [2.75, 3.05) is 41.4 Å². The van der Waals surface area contributed by atoms with Crippen LogP contribution in [0.1, 0.15) is 31.1 Å². The number of anilines is 3. The number of benzene rings is 2. The standard InChI is InChI=1S/C22H25N3O3/c1-4-25-18-11-15(9-10-20(18)28-13-21(25)27)19(26)12-24-14-22(2,3)23-16-7-5-6-8-17(16)24/h5-11,23H,4,12-14H2,1-3H3. The molecule has 6 heteroatoms. The van der Waals surface area contributed by atoms with E-state index in [4.69, 9.17) is 4.74 Å². The van der Waals surface area contributed by atoms with E-state index in [2.05, 4.69) is 24.1 Å². The fourth-order valence-corrected chi connectivity index (χ4v) is 3.95. The summed E-state index contributed by atoms with van der Waals surface area (Å²) in [6, 6.07) is 13.4. The second-order valence-corrected chi connectivity index (χ2v) is 7.91. The van der Waals surface area contributed by atoms with Crippen molar-refractivity contribution in [2.45, 2.75) is 26.3 Å². The van der Waals surface area contributed by atoms with Crippen molar-refractivity contribution in [1.29, 1.82) is 0 Å². The highest BCUT2D eigenvalue weighted by Crippen LogP contribution is 2.35. The van der Waals surface area contributed by atoms with E-state index in [9.17, 15) is 9.59 Å². The van der Waals surface area contributed by atoms with Crippen molar-refractivity contribution < 1.29 is 14.3 Å². The van der Waals surface area contributed by atoms with E-state index in [1.807, 2.05) is 31.2 Å². The third-order valence-electron chi connectivity index (χ3n) is 5.18. The molecule has 2 aliphatic heterocycles. The molecule has 2 aromatic carbocycles. The molecule has 0 fully saturated rings. The number of hydrogen-bond acceptors (Lipinski definition) is 5. The molecule has 0 aliphatic carbocycles. The summed E-state index contributed by atoms with van der Waals surface area (Å²) < 4.78 is 5.51. The summed E-state index contributed by atoms with van der Waals surface area (Å²) in [4.78, 5) is 29.0. The number of amides is 1. The molecule has 2 heterocycles. The minimum atomic E-state index is -0.135. The lowest BCUT2D eigenvalue weighted by molar-refractivity contribution is -0.121. The number of nitrogens with zero attached hydrogens (tertiary/aromatic N) is 2. The number of ether oxygens (including phenoxy) is 1. The minimum absolute atomic E-state index is 0.0179. The molecule has 2 aliphatic rings. The van der Waals surface area contributed by atoms with Crippen LogP contribution in [-0.4, -0.2) is 43.5 Å². The Bertz CT molecular complexity index is 938. The lowest BCUT2D eigenvalue weighted by Crippen LogP contribution is -2.50. The van der Waals surface area contributed by atoms with Gasteiger partial charge in [-0.15, -0.1) is 0 Å². The number of fused-ring (bicyclic) bond motifs is 2. The summed E-state index contributed by atoms with van der Waals surface area (Å²) >= 11 is 0. The molecular formula is C22H25N3O3. The molecule has 1 N–H and O–H groups in total. The van der Waals surface area contributed by atoms with E-state index in [-0.39, 0.29) is 30.4 Å². The number of likely N-dealkylation sites (N-methyl/N-ethyl adjacent to an activating group) is 1. The van der Waals surface area contributed by atoms with Crippen LogP contribution >= 0.6 is 0 Å². The van der Waals surface area contributed by atoms with Crippen LogP contribution in [0, 0.1) is 0 Å². The Morgan fingerprint density at radius 2 is 1.96 bits per heavy atom. The van der Waals surface area contributed by atoms with Gasteiger partial charge in [-0.05, 0) is 51.1 Å². The van der Waals surface area contributed by atoms with Crippen molar-refractivity contribution in [3.05, 3.63) is 48.0 Å². The first kappa shape index (κ1) is 18.3. The van der Waals surface area contributed by atoms with Crippen molar-refractivity contribution in [3.63, 3.8) is 0 Å². The highest BCUT2D eigenvalue weighted by atomic mass is 16.5. The second-order valence-electron chi connectivity index (χ2n) is 7.91. The van der Waals surface area contributed by atoms with Gasteiger partial charge in [-0.2, -0.15) is 0 Å². The molecular weight excluding hydrogens is 354 g/mol. The Hall–Kier alpha value is -3.02. The van der Waals surface area contributed by atoms with Gasteiger partial charge in [0.25, 0.3) is 5.91 Å². The Morgan fingerprint density at radius 3 is 2.75 bits per heavy atom. The average molecular weight is 379 g/mol.